The number of hydrogen-bond acceptors (Lipinski definition) is 9. The summed E-state index contributed by atoms with van der Waals surface area (Å²) in [4.78, 5) is 58.5. The van der Waals surface area contributed by atoms with Gasteiger partial charge in [0.1, 0.15) is 30.3 Å². The molecule has 7 N–H and O–H groups in total. The van der Waals surface area contributed by atoms with Gasteiger partial charge in [-0.25, -0.2) is 9.37 Å². The highest BCUT2D eigenvalue weighted by Gasteiger charge is 2.44. The number of unbranched alkanes of at least 4 members (excludes halogenated alkanes) is 2. The zero-order valence-electron chi connectivity index (χ0n) is 32.3. The van der Waals surface area contributed by atoms with Crippen molar-refractivity contribution < 1.29 is 33.4 Å². The van der Waals surface area contributed by atoms with Crippen molar-refractivity contribution in [2.45, 2.75) is 116 Å². The van der Waals surface area contributed by atoms with Crippen molar-refractivity contribution in [3.05, 3.63) is 70.6 Å². The molecule has 3 aromatic rings. The number of halogens is 2. The molecule has 1 fully saturated rings. The third kappa shape index (κ3) is 13.6. The van der Waals surface area contributed by atoms with E-state index in [1.165, 1.54) is 17.0 Å². The summed E-state index contributed by atoms with van der Waals surface area (Å²) in [7, 11) is 0. The molecule has 4 amide bonds. The molecule has 1 aliphatic heterocycles. The van der Waals surface area contributed by atoms with Gasteiger partial charge in [-0.1, -0.05) is 51.5 Å². The molecule has 12 nitrogen and oxygen atoms in total. The molecular weight excluding hydrogens is 747 g/mol. The molecule has 0 aliphatic carbocycles. The predicted octanol–water partition coefficient (Wildman–Crippen LogP) is 5.12. The second kappa shape index (κ2) is 20.7. The third-order valence-electron chi connectivity index (χ3n) is 9.59. The topological polar surface area (TPSA) is 190 Å². The van der Waals surface area contributed by atoms with E-state index in [2.05, 4.69) is 15.6 Å². The van der Waals surface area contributed by atoms with Crippen LogP contribution < -0.4 is 26.8 Å². The number of rotatable bonds is 18. The fraction of sp³-hybridized carbons (Fsp3) is 0.525. The SMILES string of the molecule is Cc1ncsc1-c1ccc([C@H](C)NC(=O)[C@@H]2C[C@@H](O)CN2C(=O)[C@@H](NC(=O)CCCCCc2cc(F)cc(OC[C@@H](N)CCC(N)=O)c2)C(C)(C)C)cc1.Cl. The lowest BCUT2D eigenvalue weighted by Crippen LogP contribution is -2.57. The molecule has 5 atom stereocenters. The molecule has 0 saturated carbocycles. The maximum atomic E-state index is 14.3. The molecule has 0 unspecified atom stereocenters. The van der Waals surface area contributed by atoms with Gasteiger partial charge >= 0.3 is 0 Å². The van der Waals surface area contributed by atoms with Crippen LogP contribution in [0.5, 0.6) is 5.75 Å². The average Bonchev–Trinajstić information content (AvgIpc) is 3.72. The van der Waals surface area contributed by atoms with Crippen LogP contribution in [0, 0.1) is 18.2 Å². The van der Waals surface area contributed by atoms with Crippen LogP contribution in [0.2, 0.25) is 0 Å². The highest BCUT2D eigenvalue weighted by Crippen LogP contribution is 2.30. The normalized spacial score (nSPS) is 17.1. The molecule has 0 spiro atoms. The van der Waals surface area contributed by atoms with Crippen molar-refractivity contribution in [1.82, 2.24) is 20.5 Å². The van der Waals surface area contributed by atoms with Gasteiger partial charge in [0.25, 0.3) is 0 Å². The smallest absolute Gasteiger partial charge is 0.246 e. The molecule has 1 aromatic heterocycles. The van der Waals surface area contributed by atoms with Crippen LogP contribution in [0.3, 0.4) is 0 Å². The van der Waals surface area contributed by atoms with Crippen LogP contribution >= 0.6 is 23.7 Å². The summed E-state index contributed by atoms with van der Waals surface area (Å²) in [6.07, 6.45) is 2.46. The fourth-order valence-corrected chi connectivity index (χ4v) is 7.31. The van der Waals surface area contributed by atoms with E-state index >= 15 is 0 Å². The number of carbonyl (C=O) groups excluding carboxylic acids is 4. The Morgan fingerprint density at radius 3 is 2.42 bits per heavy atom. The highest BCUT2D eigenvalue weighted by atomic mass is 35.5. The Morgan fingerprint density at radius 2 is 1.78 bits per heavy atom. The number of amides is 4. The molecule has 0 radical (unpaired) electrons. The summed E-state index contributed by atoms with van der Waals surface area (Å²) in [6, 6.07) is 9.83. The van der Waals surface area contributed by atoms with Crippen molar-refractivity contribution in [3.63, 3.8) is 0 Å². The number of aliphatic hydroxyl groups excluding tert-OH is 1. The van der Waals surface area contributed by atoms with Crippen LogP contribution in [0.15, 0.2) is 48.0 Å². The number of aromatic nitrogens is 1. The van der Waals surface area contributed by atoms with E-state index in [0.717, 1.165) is 27.3 Å². The number of carbonyl (C=O) groups is 4. The van der Waals surface area contributed by atoms with E-state index in [9.17, 15) is 28.7 Å². The number of thiazole rings is 1. The quantitative estimate of drug-likeness (QED) is 0.110. The van der Waals surface area contributed by atoms with Crippen molar-refractivity contribution in [2.24, 2.45) is 16.9 Å². The van der Waals surface area contributed by atoms with Crippen LogP contribution in [0.1, 0.15) is 95.5 Å². The van der Waals surface area contributed by atoms with E-state index in [4.69, 9.17) is 16.2 Å². The zero-order valence-corrected chi connectivity index (χ0v) is 33.9. The first-order valence-corrected chi connectivity index (χ1v) is 19.4. The number of primary amides is 1. The first-order valence-electron chi connectivity index (χ1n) is 18.6. The average molecular weight is 803 g/mol. The van der Waals surface area contributed by atoms with Crippen LogP contribution in [0.25, 0.3) is 10.4 Å². The number of hydrogen-bond donors (Lipinski definition) is 5. The molecule has 55 heavy (non-hydrogen) atoms. The summed E-state index contributed by atoms with van der Waals surface area (Å²) in [5.74, 6) is -1.59. The van der Waals surface area contributed by atoms with Gasteiger partial charge in [-0.15, -0.1) is 23.7 Å². The standard InChI is InChI=1S/C40H55FN6O6S.ClH/c1-24(27-11-13-28(14-12-27)36-25(2)44-23-54-36)45-38(51)33-20-31(48)21-47(33)39(52)37(40(3,4)5)46-35(50)10-8-6-7-9-26-17-29(41)19-32(18-26)53-22-30(42)15-16-34(43)49;/h11-14,17-19,23-24,30-31,33,37,48H,6-10,15-16,20-22,42H2,1-5H3,(H2,43,49)(H,45,51)(H,46,50);1H/t24-,30-,31+,33-,37+;/m0./s1. The Morgan fingerprint density at radius 1 is 1.07 bits per heavy atom. The molecule has 2 aromatic carbocycles. The maximum absolute atomic E-state index is 14.3. The van der Waals surface area contributed by atoms with Gasteiger partial charge in [-0.2, -0.15) is 0 Å². The monoisotopic (exact) mass is 802 g/mol. The van der Waals surface area contributed by atoms with E-state index in [1.54, 1.807) is 17.4 Å². The maximum Gasteiger partial charge on any atom is 0.246 e. The van der Waals surface area contributed by atoms with Gasteiger partial charge in [0.05, 0.1) is 28.2 Å². The summed E-state index contributed by atoms with van der Waals surface area (Å²) in [5.41, 5.74) is 15.9. The molecule has 2 heterocycles. The van der Waals surface area contributed by atoms with Gasteiger partial charge in [0, 0.05) is 37.9 Å². The minimum absolute atomic E-state index is 0. The van der Waals surface area contributed by atoms with Crippen molar-refractivity contribution in [1.29, 1.82) is 0 Å². The predicted molar refractivity (Wildman–Crippen MR) is 214 cm³/mol. The second-order valence-corrected chi connectivity index (χ2v) is 16.2. The number of nitrogens with two attached hydrogens (primary N) is 2. The lowest BCUT2D eigenvalue weighted by atomic mass is 9.85. The lowest BCUT2D eigenvalue weighted by Gasteiger charge is -2.35. The second-order valence-electron chi connectivity index (χ2n) is 15.3. The molecule has 4 rings (SSSR count). The van der Waals surface area contributed by atoms with E-state index in [-0.39, 0.29) is 62.7 Å². The highest BCUT2D eigenvalue weighted by molar-refractivity contribution is 7.13. The van der Waals surface area contributed by atoms with Crippen molar-refractivity contribution >= 4 is 47.4 Å². The van der Waals surface area contributed by atoms with E-state index < -0.39 is 47.3 Å². The molecular formula is C40H56ClFN6O6S. The first-order chi connectivity index (χ1) is 25.5. The number of aliphatic hydroxyl groups is 1. The third-order valence-corrected chi connectivity index (χ3v) is 10.6. The largest absolute Gasteiger partial charge is 0.492 e. The molecule has 1 saturated heterocycles. The van der Waals surface area contributed by atoms with Gasteiger partial charge in [-0.3, -0.25) is 19.2 Å². The van der Waals surface area contributed by atoms with Gasteiger partial charge in [0.15, 0.2) is 0 Å². The minimum atomic E-state index is -0.916. The number of likely N-dealkylation sites (tertiary alicyclic amines) is 1. The summed E-state index contributed by atoms with van der Waals surface area (Å²) in [5, 5.41) is 16.5. The number of ether oxygens (including phenoxy) is 1. The first kappa shape index (κ1) is 45.3. The Bertz CT molecular complexity index is 1750. The summed E-state index contributed by atoms with van der Waals surface area (Å²) < 4.78 is 19.9. The Hall–Kier alpha value is -4.11. The van der Waals surface area contributed by atoms with Crippen molar-refractivity contribution in [3.8, 4) is 16.2 Å². The number of benzene rings is 2. The van der Waals surface area contributed by atoms with Crippen LogP contribution in [0.4, 0.5) is 4.39 Å². The number of nitrogens with zero attached hydrogens (tertiary/aromatic N) is 2. The Kier molecular flexibility index (Phi) is 17.0. The van der Waals surface area contributed by atoms with E-state index in [0.29, 0.717) is 37.9 Å². The zero-order chi connectivity index (χ0) is 39.6. The van der Waals surface area contributed by atoms with Gasteiger partial charge in [-0.05, 0) is 73.8 Å². The minimum Gasteiger partial charge on any atom is -0.492 e. The lowest BCUT2D eigenvalue weighted by molar-refractivity contribution is -0.144. The Balaban J connectivity index is 0.00000812. The van der Waals surface area contributed by atoms with Gasteiger partial charge in [0.2, 0.25) is 23.6 Å². The summed E-state index contributed by atoms with van der Waals surface area (Å²) in [6.45, 7) is 9.50. The molecule has 15 heteroatoms. The number of nitrogens with one attached hydrogen (secondary N) is 2. The van der Waals surface area contributed by atoms with Crippen LogP contribution in [-0.2, 0) is 25.6 Å². The summed E-state index contributed by atoms with van der Waals surface area (Å²) >= 11 is 1.57. The fourth-order valence-electron chi connectivity index (χ4n) is 6.50. The molecule has 0 bridgehead atoms. The van der Waals surface area contributed by atoms with Crippen molar-refractivity contribution in [2.75, 3.05) is 13.2 Å². The number of β-amino-alcohol motifs (C(OH)–C–C–N with tert-alkyl or cyclic N) is 1. The molecule has 302 valence electrons. The number of aryl methyl sites for hydroxylation is 2. The Labute approximate surface area is 333 Å². The van der Waals surface area contributed by atoms with Gasteiger partial charge < -0.3 is 36.8 Å². The molecule has 1 aliphatic rings. The van der Waals surface area contributed by atoms with E-state index in [1.807, 2.05) is 64.4 Å². The van der Waals surface area contributed by atoms with Crippen LogP contribution in [-0.4, -0.2) is 76.0 Å².